The van der Waals surface area contributed by atoms with Crippen molar-refractivity contribution in [2.75, 3.05) is 26.6 Å². The van der Waals surface area contributed by atoms with Gasteiger partial charge in [0.2, 0.25) is 5.91 Å². The number of methoxy groups -OCH3 is 3. The summed E-state index contributed by atoms with van der Waals surface area (Å²) in [5, 5.41) is 12.0. The molecule has 1 aliphatic rings. The van der Waals surface area contributed by atoms with Crippen LogP contribution in [-0.4, -0.2) is 44.3 Å². The zero-order valence-electron chi connectivity index (χ0n) is 14.8. The molecule has 0 saturated heterocycles. The number of rotatable bonds is 6. The van der Waals surface area contributed by atoms with E-state index < -0.39 is 29.7 Å². The van der Waals surface area contributed by atoms with E-state index >= 15 is 0 Å². The number of ether oxygens (including phenoxy) is 3. The van der Waals surface area contributed by atoms with Crippen LogP contribution < -0.4 is 14.8 Å². The molecule has 8 heteroatoms. The van der Waals surface area contributed by atoms with Crippen LogP contribution in [0, 0.1) is 11.8 Å². The molecule has 1 aromatic rings. The molecule has 0 spiro atoms. The van der Waals surface area contributed by atoms with Crippen molar-refractivity contribution in [3.8, 4) is 11.5 Å². The number of allylic oxidation sites excluding steroid dienone is 2. The molecule has 0 saturated carbocycles. The molecule has 8 nitrogen and oxygen atoms in total. The van der Waals surface area contributed by atoms with E-state index in [2.05, 4.69) is 5.32 Å². The Morgan fingerprint density at radius 2 is 1.58 bits per heavy atom. The molecule has 2 rings (SSSR count). The monoisotopic (exact) mass is 363 g/mol. The number of anilines is 1. The van der Waals surface area contributed by atoms with Crippen LogP contribution >= 0.6 is 0 Å². The standard InChI is InChI=1S/C18H21NO7/c1-24-14-8-12(18(23)26-3)13(9-15(14)25-2)19-16(20)10-6-4-5-7-11(10)17(21)22/h4-5,8-11H,6-7H2,1-3H3,(H,19,20)(H,21,22)/t10-,11-/m1/s1. The van der Waals surface area contributed by atoms with Crippen molar-refractivity contribution in [1.82, 2.24) is 0 Å². The summed E-state index contributed by atoms with van der Waals surface area (Å²) in [6, 6.07) is 2.84. The number of carboxylic acid groups (broad SMARTS) is 1. The summed E-state index contributed by atoms with van der Waals surface area (Å²) in [5.41, 5.74) is 0.245. The highest BCUT2D eigenvalue weighted by Gasteiger charge is 2.34. The van der Waals surface area contributed by atoms with Crippen LogP contribution in [0.5, 0.6) is 11.5 Å². The lowest BCUT2D eigenvalue weighted by molar-refractivity contribution is -0.146. The second kappa shape index (κ2) is 8.37. The first-order chi connectivity index (χ1) is 12.4. The molecule has 2 atom stereocenters. The smallest absolute Gasteiger partial charge is 0.340 e. The number of carbonyl (C=O) groups is 3. The Morgan fingerprint density at radius 1 is 1.00 bits per heavy atom. The van der Waals surface area contributed by atoms with E-state index in [0.717, 1.165) is 0 Å². The molecule has 0 fully saturated rings. The molecule has 26 heavy (non-hydrogen) atoms. The van der Waals surface area contributed by atoms with Gasteiger partial charge in [0.05, 0.1) is 44.4 Å². The lowest BCUT2D eigenvalue weighted by atomic mass is 9.82. The second-order valence-corrected chi connectivity index (χ2v) is 5.73. The van der Waals surface area contributed by atoms with Crippen LogP contribution in [-0.2, 0) is 14.3 Å². The fourth-order valence-corrected chi connectivity index (χ4v) is 2.86. The van der Waals surface area contributed by atoms with E-state index in [0.29, 0.717) is 17.9 Å². The summed E-state index contributed by atoms with van der Waals surface area (Å²) < 4.78 is 15.1. The van der Waals surface area contributed by atoms with Crippen LogP contribution in [0.3, 0.4) is 0 Å². The van der Waals surface area contributed by atoms with Gasteiger partial charge in [0.1, 0.15) is 0 Å². The van der Waals surface area contributed by atoms with Gasteiger partial charge in [-0.15, -0.1) is 0 Å². The zero-order chi connectivity index (χ0) is 19.3. The average Bonchev–Trinajstić information content (AvgIpc) is 2.66. The fourth-order valence-electron chi connectivity index (χ4n) is 2.86. The number of hydrogen-bond donors (Lipinski definition) is 2. The fraction of sp³-hybridized carbons (Fsp3) is 0.389. The van der Waals surface area contributed by atoms with Gasteiger partial charge in [0.15, 0.2) is 11.5 Å². The van der Waals surface area contributed by atoms with Crippen molar-refractivity contribution >= 4 is 23.5 Å². The van der Waals surface area contributed by atoms with Crippen molar-refractivity contribution in [2.45, 2.75) is 12.8 Å². The summed E-state index contributed by atoms with van der Waals surface area (Å²) in [6.45, 7) is 0. The largest absolute Gasteiger partial charge is 0.493 e. The third-order valence-corrected chi connectivity index (χ3v) is 4.27. The van der Waals surface area contributed by atoms with E-state index in [4.69, 9.17) is 14.2 Å². The highest BCUT2D eigenvalue weighted by Crippen LogP contribution is 2.35. The van der Waals surface area contributed by atoms with Gasteiger partial charge in [-0.05, 0) is 12.8 Å². The van der Waals surface area contributed by atoms with E-state index in [1.807, 2.05) is 0 Å². The predicted octanol–water partition coefficient (Wildman–Crippen LogP) is 2.10. The molecule has 0 aliphatic heterocycles. The minimum atomic E-state index is -1.03. The topological polar surface area (TPSA) is 111 Å². The summed E-state index contributed by atoms with van der Waals surface area (Å²) >= 11 is 0. The molecule has 140 valence electrons. The van der Waals surface area contributed by atoms with E-state index in [1.165, 1.54) is 33.5 Å². The van der Waals surface area contributed by atoms with Gasteiger partial charge in [0.25, 0.3) is 0 Å². The van der Waals surface area contributed by atoms with Gasteiger partial charge in [-0.3, -0.25) is 9.59 Å². The molecular formula is C18H21NO7. The maximum Gasteiger partial charge on any atom is 0.340 e. The van der Waals surface area contributed by atoms with Crippen molar-refractivity contribution in [3.05, 3.63) is 29.8 Å². The lowest BCUT2D eigenvalue weighted by Gasteiger charge is -2.24. The maximum absolute atomic E-state index is 12.7. The minimum absolute atomic E-state index is 0.0803. The number of esters is 1. The molecule has 2 N–H and O–H groups in total. The first-order valence-corrected chi connectivity index (χ1v) is 7.95. The number of amides is 1. The lowest BCUT2D eigenvalue weighted by Crippen LogP contribution is -2.35. The number of carbonyl (C=O) groups excluding carboxylic acids is 2. The molecule has 0 radical (unpaired) electrons. The van der Waals surface area contributed by atoms with Crippen molar-refractivity contribution < 1.29 is 33.7 Å². The Balaban J connectivity index is 2.37. The summed E-state index contributed by atoms with van der Waals surface area (Å²) in [4.78, 5) is 36.1. The first-order valence-electron chi connectivity index (χ1n) is 7.95. The molecule has 0 bridgehead atoms. The number of aliphatic carboxylic acids is 1. The minimum Gasteiger partial charge on any atom is -0.493 e. The third-order valence-electron chi connectivity index (χ3n) is 4.27. The van der Waals surface area contributed by atoms with Gasteiger partial charge in [-0.2, -0.15) is 0 Å². The van der Waals surface area contributed by atoms with E-state index in [9.17, 15) is 19.5 Å². The van der Waals surface area contributed by atoms with Crippen molar-refractivity contribution in [1.29, 1.82) is 0 Å². The predicted molar refractivity (Wildman–Crippen MR) is 92.5 cm³/mol. The summed E-state index contributed by atoms with van der Waals surface area (Å²) in [6.07, 6.45) is 4.12. The highest BCUT2D eigenvalue weighted by molar-refractivity contribution is 6.03. The Labute approximate surface area is 150 Å². The molecule has 0 aromatic heterocycles. The normalized spacial score (nSPS) is 18.7. The Hall–Kier alpha value is -3.03. The van der Waals surface area contributed by atoms with Gasteiger partial charge in [0, 0.05) is 12.1 Å². The average molecular weight is 363 g/mol. The van der Waals surface area contributed by atoms with Crippen LogP contribution in [0.15, 0.2) is 24.3 Å². The van der Waals surface area contributed by atoms with Crippen LogP contribution in [0.1, 0.15) is 23.2 Å². The maximum atomic E-state index is 12.7. The van der Waals surface area contributed by atoms with Crippen molar-refractivity contribution in [3.63, 3.8) is 0 Å². The Morgan fingerprint density at radius 3 is 2.12 bits per heavy atom. The van der Waals surface area contributed by atoms with Crippen LogP contribution in [0.2, 0.25) is 0 Å². The molecule has 0 unspecified atom stereocenters. The van der Waals surface area contributed by atoms with Crippen LogP contribution in [0.25, 0.3) is 0 Å². The molecule has 1 aliphatic carbocycles. The Kier molecular flexibility index (Phi) is 6.21. The number of benzene rings is 1. The third kappa shape index (κ3) is 3.96. The molecule has 1 aromatic carbocycles. The molecule has 1 amide bonds. The quantitative estimate of drug-likeness (QED) is 0.588. The zero-order valence-corrected chi connectivity index (χ0v) is 14.8. The first kappa shape index (κ1) is 19.3. The van der Waals surface area contributed by atoms with Gasteiger partial charge in [-0.1, -0.05) is 12.2 Å². The number of nitrogens with one attached hydrogen (secondary N) is 1. The summed E-state index contributed by atoms with van der Waals surface area (Å²) in [7, 11) is 4.06. The van der Waals surface area contributed by atoms with Crippen LogP contribution in [0.4, 0.5) is 5.69 Å². The molecule has 0 heterocycles. The van der Waals surface area contributed by atoms with E-state index in [1.54, 1.807) is 12.2 Å². The summed E-state index contributed by atoms with van der Waals surface area (Å²) in [5.74, 6) is -3.13. The van der Waals surface area contributed by atoms with Gasteiger partial charge < -0.3 is 24.6 Å². The van der Waals surface area contributed by atoms with Crippen molar-refractivity contribution in [2.24, 2.45) is 11.8 Å². The van der Waals surface area contributed by atoms with Gasteiger partial charge >= 0.3 is 11.9 Å². The highest BCUT2D eigenvalue weighted by atomic mass is 16.5. The SMILES string of the molecule is COC(=O)c1cc(OC)c(OC)cc1NC(=O)[C@@H]1CC=CC[C@H]1C(=O)O. The number of carboxylic acids is 1. The second-order valence-electron chi connectivity index (χ2n) is 5.73. The molecular weight excluding hydrogens is 342 g/mol. The van der Waals surface area contributed by atoms with E-state index in [-0.39, 0.29) is 17.7 Å². The Bertz CT molecular complexity index is 741. The van der Waals surface area contributed by atoms with Gasteiger partial charge in [-0.25, -0.2) is 4.79 Å². The number of hydrogen-bond acceptors (Lipinski definition) is 6.